The van der Waals surface area contributed by atoms with Crippen LogP contribution in [-0.4, -0.2) is 45.4 Å². The SMILES string of the molecule is COc1c(C(F)(F)F)ccc2cc(-c3cc(-c4cc(Cl)cc(Cl)c4)nn3C(C)c3ccc(C(=O)NCCC(=O)O)cc3)cnc12. The number of benzene rings is 3. The summed E-state index contributed by atoms with van der Waals surface area (Å²) in [5.74, 6) is -1.78. The van der Waals surface area contributed by atoms with Gasteiger partial charge in [0, 0.05) is 44.9 Å². The fourth-order valence-electron chi connectivity index (χ4n) is 4.93. The lowest BCUT2D eigenvalue weighted by Crippen LogP contribution is -2.26. The second kappa shape index (κ2) is 12.8. The Morgan fingerprint density at radius 1 is 1.00 bits per heavy atom. The topological polar surface area (TPSA) is 106 Å². The van der Waals surface area contributed by atoms with Gasteiger partial charge in [0.1, 0.15) is 5.52 Å². The Kier molecular flexibility index (Phi) is 9.03. The van der Waals surface area contributed by atoms with Crippen LogP contribution in [-0.2, 0) is 11.0 Å². The number of carboxylic acid groups (broad SMARTS) is 1. The lowest BCUT2D eigenvalue weighted by atomic mass is 10.0. The van der Waals surface area contributed by atoms with E-state index in [0.29, 0.717) is 43.5 Å². The number of fused-ring (bicyclic) bond motifs is 1. The molecule has 0 saturated heterocycles. The van der Waals surface area contributed by atoms with Gasteiger partial charge in [0.05, 0.1) is 36.5 Å². The molecular weight excluding hydrogens is 632 g/mol. The molecule has 0 aliphatic rings. The standard InChI is InChI=1S/C32H25Cl2F3N4O4/c1-17(18-3-5-19(6-4-18)31(44)38-10-9-28(42)43)41-27(15-26(40-41)21-12-23(33)14-24(34)13-21)22-11-20-7-8-25(32(35,36)37)30(45-2)29(20)39-16-22/h3-8,11-17H,9-10H2,1-2H3,(H,38,44)(H,42,43). The molecule has 2 heterocycles. The molecule has 0 saturated carbocycles. The quantitative estimate of drug-likeness (QED) is 0.167. The number of hydrogen-bond donors (Lipinski definition) is 2. The third-order valence-electron chi connectivity index (χ3n) is 7.15. The number of carboxylic acids is 1. The van der Waals surface area contributed by atoms with Crippen LogP contribution in [0.3, 0.4) is 0 Å². The number of carbonyl (C=O) groups is 2. The van der Waals surface area contributed by atoms with Crippen LogP contribution in [0.5, 0.6) is 5.75 Å². The normalized spacial score (nSPS) is 12.2. The molecule has 1 unspecified atom stereocenters. The van der Waals surface area contributed by atoms with E-state index in [1.165, 1.54) is 19.4 Å². The summed E-state index contributed by atoms with van der Waals surface area (Å²) < 4.78 is 47.7. The minimum atomic E-state index is -4.62. The fourth-order valence-corrected chi connectivity index (χ4v) is 5.46. The highest BCUT2D eigenvalue weighted by Gasteiger charge is 2.35. The number of amides is 1. The van der Waals surface area contributed by atoms with Gasteiger partial charge in [-0.25, -0.2) is 0 Å². The van der Waals surface area contributed by atoms with E-state index >= 15 is 0 Å². The molecular formula is C32H25Cl2F3N4O4. The van der Waals surface area contributed by atoms with Crippen LogP contribution >= 0.6 is 23.2 Å². The Bertz CT molecular complexity index is 1890. The van der Waals surface area contributed by atoms with Crippen molar-refractivity contribution in [3.8, 4) is 28.3 Å². The van der Waals surface area contributed by atoms with Crippen LogP contribution in [0.2, 0.25) is 10.0 Å². The summed E-state index contributed by atoms with van der Waals surface area (Å²) in [6.45, 7) is 1.91. The molecule has 1 amide bonds. The predicted octanol–water partition coefficient (Wildman–Crippen LogP) is 7.91. The Balaban J connectivity index is 1.57. The first-order valence-corrected chi connectivity index (χ1v) is 14.3. The summed E-state index contributed by atoms with van der Waals surface area (Å²) in [6.07, 6.45) is -3.34. The van der Waals surface area contributed by atoms with Gasteiger partial charge in [-0.05, 0) is 61.0 Å². The maximum Gasteiger partial charge on any atom is 0.420 e. The number of ether oxygens (including phenoxy) is 1. The summed E-state index contributed by atoms with van der Waals surface area (Å²) in [5.41, 5.74) is 2.68. The molecule has 0 spiro atoms. The minimum Gasteiger partial charge on any atom is -0.494 e. The molecule has 2 aromatic heterocycles. The lowest BCUT2D eigenvalue weighted by Gasteiger charge is -2.18. The van der Waals surface area contributed by atoms with E-state index in [1.807, 2.05) is 13.0 Å². The molecule has 45 heavy (non-hydrogen) atoms. The molecule has 0 aliphatic heterocycles. The van der Waals surface area contributed by atoms with Crippen LogP contribution in [0.25, 0.3) is 33.4 Å². The van der Waals surface area contributed by atoms with Crippen molar-refractivity contribution in [1.82, 2.24) is 20.1 Å². The van der Waals surface area contributed by atoms with Gasteiger partial charge in [-0.15, -0.1) is 0 Å². The van der Waals surface area contributed by atoms with E-state index in [2.05, 4.69) is 10.3 Å². The number of pyridine rings is 1. The van der Waals surface area contributed by atoms with Crippen molar-refractivity contribution in [2.75, 3.05) is 13.7 Å². The van der Waals surface area contributed by atoms with Crippen molar-refractivity contribution in [1.29, 1.82) is 0 Å². The average Bonchev–Trinajstić information content (AvgIpc) is 3.44. The second-order valence-corrected chi connectivity index (χ2v) is 11.0. The number of rotatable bonds is 9. The third kappa shape index (κ3) is 6.89. The highest BCUT2D eigenvalue weighted by Crippen LogP contribution is 2.41. The number of aromatic nitrogens is 3. The maximum atomic E-state index is 13.6. The van der Waals surface area contributed by atoms with Crippen molar-refractivity contribution in [2.45, 2.75) is 25.6 Å². The molecule has 1 atom stereocenters. The van der Waals surface area contributed by atoms with Gasteiger partial charge in [0.25, 0.3) is 5.91 Å². The van der Waals surface area contributed by atoms with Crippen molar-refractivity contribution in [2.24, 2.45) is 0 Å². The van der Waals surface area contributed by atoms with Crippen LogP contribution in [0, 0.1) is 0 Å². The first-order chi connectivity index (χ1) is 21.3. The first-order valence-electron chi connectivity index (χ1n) is 13.6. The Morgan fingerprint density at radius 2 is 1.69 bits per heavy atom. The van der Waals surface area contributed by atoms with Crippen molar-refractivity contribution in [3.63, 3.8) is 0 Å². The van der Waals surface area contributed by atoms with Gasteiger partial charge in [-0.2, -0.15) is 18.3 Å². The molecule has 2 N–H and O–H groups in total. The summed E-state index contributed by atoms with van der Waals surface area (Å²) in [7, 11) is 1.17. The van der Waals surface area contributed by atoms with Crippen LogP contribution in [0.1, 0.15) is 40.9 Å². The summed E-state index contributed by atoms with van der Waals surface area (Å²) in [5, 5.41) is 17.5. The zero-order chi connectivity index (χ0) is 32.5. The summed E-state index contributed by atoms with van der Waals surface area (Å²) >= 11 is 12.5. The molecule has 5 rings (SSSR count). The monoisotopic (exact) mass is 656 g/mol. The van der Waals surface area contributed by atoms with E-state index in [1.54, 1.807) is 53.2 Å². The van der Waals surface area contributed by atoms with E-state index in [4.69, 9.17) is 38.1 Å². The van der Waals surface area contributed by atoms with Crippen molar-refractivity contribution >= 4 is 46.0 Å². The lowest BCUT2D eigenvalue weighted by molar-refractivity contribution is -0.139. The van der Waals surface area contributed by atoms with Gasteiger partial charge >= 0.3 is 12.1 Å². The molecule has 13 heteroatoms. The number of nitrogens with zero attached hydrogens (tertiary/aromatic N) is 3. The largest absolute Gasteiger partial charge is 0.494 e. The number of nitrogens with one attached hydrogen (secondary N) is 1. The predicted molar refractivity (Wildman–Crippen MR) is 165 cm³/mol. The molecule has 0 radical (unpaired) electrons. The average molecular weight is 657 g/mol. The highest BCUT2D eigenvalue weighted by molar-refractivity contribution is 6.35. The van der Waals surface area contributed by atoms with Crippen molar-refractivity contribution in [3.05, 3.63) is 99.7 Å². The van der Waals surface area contributed by atoms with Gasteiger partial charge in [-0.1, -0.05) is 41.4 Å². The van der Waals surface area contributed by atoms with Gasteiger partial charge < -0.3 is 15.2 Å². The third-order valence-corrected chi connectivity index (χ3v) is 7.59. The van der Waals surface area contributed by atoms with E-state index in [-0.39, 0.29) is 30.3 Å². The molecule has 8 nitrogen and oxygen atoms in total. The maximum absolute atomic E-state index is 13.6. The molecule has 5 aromatic rings. The van der Waals surface area contributed by atoms with E-state index in [0.717, 1.165) is 11.6 Å². The molecule has 3 aromatic carbocycles. The summed E-state index contributed by atoms with van der Waals surface area (Å²) in [4.78, 5) is 27.5. The van der Waals surface area contributed by atoms with E-state index in [9.17, 15) is 22.8 Å². The highest BCUT2D eigenvalue weighted by atomic mass is 35.5. The van der Waals surface area contributed by atoms with Crippen LogP contribution in [0.4, 0.5) is 13.2 Å². The van der Waals surface area contributed by atoms with Gasteiger partial charge in [0.2, 0.25) is 0 Å². The van der Waals surface area contributed by atoms with E-state index < -0.39 is 23.6 Å². The van der Waals surface area contributed by atoms with Crippen molar-refractivity contribution < 1.29 is 32.6 Å². The van der Waals surface area contributed by atoms with Gasteiger partial charge in [-0.3, -0.25) is 19.3 Å². The number of hydrogen-bond acceptors (Lipinski definition) is 5. The fraction of sp³-hybridized carbons (Fsp3) is 0.188. The first kappa shape index (κ1) is 31.8. The Morgan fingerprint density at radius 3 is 2.31 bits per heavy atom. The minimum absolute atomic E-state index is 0.00243. The van der Waals surface area contributed by atoms with Crippen LogP contribution in [0.15, 0.2) is 72.9 Å². The molecule has 0 aliphatic carbocycles. The molecule has 0 bridgehead atoms. The number of aliphatic carboxylic acids is 1. The second-order valence-electron chi connectivity index (χ2n) is 10.2. The number of halogens is 5. The number of alkyl halides is 3. The zero-order valence-electron chi connectivity index (χ0n) is 23.8. The number of methoxy groups -OCH3 is 1. The smallest absolute Gasteiger partial charge is 0.420 e. The molecule has 232 valence electrons. The van der Waals surface area contributed by atoms with Crippen LogP contribution < -0.4 is 10.1 Å². The molecule has 0 fully saturated rings. The Hall–Kier alpha value is -4.61. The Labute approximate surface area is 265 Å². The number of carbonyl (C=O) groups excluding carboxylic acids is 1. The summed E-state index contributed by atoms with van der Waals surface area (Å²) in [6, 6.07) is 17.3. The zero-order valence-corrected chi connectivity index (χ0v) is 25.3. The van der Waals surface area contributed by atoms with Gasteiger partial charge in [0.15, 0.2) is 5.75 Å².